The van der Waals surface area contributed by atoms with Gasteiger partial charge in [-0.2, -0.15) is 4.31 Å². The van der Waals surface area contributed by atoms with Crippen LogP contribution in [0.15, 0.2) is 59.5 Å². The summed E-state index contributed by atoms with van der Waals surface area (Å²) in [4.78, 5) is 40.4. The highest BCUT2D eigenvalue weighted by molar-refractivity contribution is 7.89. The summed E-state index contributed by atoms with van der Waals surface area (Å²) in [6, 6.07) is 14.9. The second-order valence-corrected chi connectivity index (χ2v) is 12.2. The van der Waals surface area contributed by atoms with Crippen molar-refractivity contribution in [3.8, 4) is 0 Å². The van der Waals surface area contributed by atoms with Gasteiger partial charge in [0.15, 0.2) is 0 Å². The number of hydrazine groups is 1. The Balaban J connectivity index is 1.53. The van der Waals surface area contributed by atoms with E-state index < -0.39 is 27.7 Å². The van der Waals surface area contributed by atoms with Gasteiger partial charge in [0.25, 0.3) is 11.8 Å². The largest absolute Gasteiger partial charge is 0.313 e. The van der Waals surface area contributed by atoms with Crippen LogP contribution in [-0.4, -0.2) is 56.0 Å². The summed E-state index contributed by atoms with van der Waals surface area (Å²) in [6.07, 6.45) is 0.629. The van der Waals surface area contributed by atoms with Crippen LogP contribution in [0, 0.1) is 0 Å². The Kier molecular flexibility index (Phi) is 8.26. The summed E-state index contributed by atoms with van der Waals surface area (Å²) in [5.41, 5.74) is 6.94. The van der Waals surface area contributed by atoms with E-state index in [1.54, 1.807) is 0 Å². The Morgan fingerprint density at radius 3 is 2.34 bits per heavy atom. The van der Waals surface area contributed by atoms with E-state index in [-0.39, 0.29) is 17.0 Å². The SMILES string of the molecule is CC(=O)NNC(=O)c1c(NC(=O)c2ccc(S(=O)(=O)N(C)Cc3ccccc3)cc2)sc2c1CCN(C)C2. The number of nitrogens with zero attached hydrogens (tertiary/aromatic N) is 2. The third-order valence-corrected chi connectivity index (χ3v) is 9.08. The zero-order valence-electron chi connectivity index (χ0n) is 21.3. The summed E-state index contributed by atoms with van der Waals surface area (Å²) < 4.78 is 27.3. The molecule has 3 N–H and O–H groups in total. The number of nitrogens with one attached hydrogen (secondary N) is 3. The van der Waals surface area contributed by atoms with Crippen LogP contribution >= 0.6 is 11.3 Å². The van der Waals surface area contributed by atoms with E-state index in [1.807, 2.05) is 37.4 Å². The normalized spacial score (nSPS) is 13.6. The van der Waals surface area contributed by atoms with Crippen molar-refractivity contribution in [1.29, 1.82) is 0 Å². The van der Waals surface area contributed by atoms with Gasteiger partial charge in [0.1, 0.15) is 5.00 Å². The summed E-state index contributed by atoms with van der Waals surface area (Å²) in [5.74, 6) is -1.41. The van der Waals surface area contributed by atoms with E-state index in [9.17, 15) is 22.8 Å². The fourth-order valence-electron chi connectivity index (χ4n) is 4.13. The lowest BCUT2D eigenvalue weighted by molar-refractivity contribution is -0.119. The zero-order chi connectivity index (χ0) is 27.4. The number of amides is 3. The van der Waals surface area contributed by atoms with Crippen molar-refractivity contribution in [1.82, 2.24) is 20.1 Å². The molecule has 0 fully saturated rings. The number of sulfonamides is 1. The maximum absolute atomic E-state index is 13.1. The van der Waals surface area contributed by atoms with Crippen molar-refractivity contribution < 1.29 is 22.8 Å². The van der Waals surface area contributed by atoms with Gasteiger partial charge in [0, 0.05) is 44.0 Å². The molecule has 0 atom stereocenters. The first kappa shape index (κ1) is 27.5. The van der Waals surface area contributed by atoms with Gasteiger partial charge in [-0.1, -0.05) is 30.3 Å². The Morgan fingerprint density at radius 2 is 1.68 bits per heavy atom. The molecule has 38 heavy (non-hydrogen) atoms. The number of hydrogen-bond acceptors (Lipinski definition) is 7. The van der Waals surface area contributed by atoms with Gasteiger partial charge in [-0.15, -0.1) is 11.3 Å². The monoisotopic (exact) mass is 555 g/mol. The summed E-state index contributed by atoms with van der Waals surface area (Å²) in [6.45, 7) is 2.89. The number of anilines is 1. The molecule has 0 radical (unpaired) electrons. The van der Waals surface area contributed by atoms with Crippen molar-refractivity contribution in [2.45, 2.75) is 31.3 Å². The molecule has 2 aromatic carbocycles. The number of thiophene rings is 1. The lowest BCUT2D eigenvalue weighted by Crippen LogP contribution is -2.41. The minimum Gasteiger partial charge on any atom is -0.313 e. The predicted octanol–water partition coefficient (Wildman–Crippen LogP) is 2.59. The average Bonchev–Trinajstić information content (AvgIpc) is 3.24. The van der Waals surface area contributed by atoms with Gasteiger partial charge in [0.2, 0.25) is 15.9 Å². The molecule has 2 heterocycles. The van der Waals surface area contributed by atoms with Crippen molar-refractivity contribution in [3.05, 3.63) is 81.7 Å². The average molecular weight is 556 g/mol. The molecular formula is C26H29N5O5S2. The topological polar surface area (TPSA) is 128 Å². The Labute approximate surface area is 225 Å². The van der Waals surface area contributed by atoms with E-state index in [0.29, 0.717) is 23.5 Å². The molecule has 0 aliphatic carbocycles. The van der Waals surface area contributed by atoms with E-state index in [2.05, 4.69) is 21.1 Å². The molecule has 0 saturated heterocycles. The van der Waals surface area contributed by atoms with Gasteiger partial charge in [0.05, 0.1) is 10.5 Å². The summed E-state index contributed by atoms with van der Waals surface area (Å²) >= 11 is 1.31. The third-order valence-electron chi connectivity index (χ3n) is 6.13. The zero-order valence-corrected chi connectivity index (χ0v) is 22.9. The number of rotatable bonds is 7. The third kappa shape index (κ3) is 6.10. The Hall–Kier alpha value is -3.58. The molecule has 200 valence electrons. The van der Waals surface area contributed by atoms with Crippen molar-refractivity contribution in [2.75, 3.05) is 26.0 Å². The fraction of sp³-hybridized carbons (Fsp3) is 0.269. The molecule has 0 bridgehead atoms. The van der Waals surface area contributed by atoms with Crippen LogP contribution in [0.5, 0.6) is 0 Å². The van der Waals surface area contributed by atoms with E-state index in [0.717, 1.165) is 22.5 Å². The van der Waals surface area contributed by atoms with Gasteiger partial charge < -0.3 is 10.2 Å². The first-order chi connectivity index (χ1) is 18.1. The van der Waals surface area contributed by atoms with E-state index in [4.69, 9.17) is 0 Å². The smallest absolute Gasteiger partial charge is 0.272 e. The van der Waals surface area contributed by atoms with Crippen LogP contribution in [0.25, 0.3) is 0 Å². The molecule has 1 aromatic heterocycles. The van der Waals surface area contributed by atoms with Gasteiger partial charge in [-0.3, -0.25) is 25.2 Å². The lowest BCUT2D eigenvalue weighted by Gasteiger charge is -2.22. The first-order valence-electron chi connectivity index (χ1n) is 11.9. The molecule has 0 unspecified atom stereocenters. The maximum Gasteiger partial charge on any atom is 0.272 e. The molecule has 0 saturated carbocycles. The highest BCUT2D eigenvalue weighted by atomic mass is 32.2. The minimum absolute atomic E-state index is 0.0671. The van der Waals surface area contributed by atoms with Crippen molar-refractivity contribution in [2.24, 2.45) is 0 Å². The quantitative estimate of drug-likeness (QED) is 0.385. The van der Waals surface area contributed by atoms with Gasteiger partial charge in [-0.25, -0.2) is 8.42 Å². The number of likely N-dealkylation sites (N-methyl/N-ethyl adjacent to an activating group) is 1. The van der Waals surface area contributed by atoms with Crippen LogP contribution in [0.1, 0.15) is 43.6 Å². The van der Waals surface area contributed by atoms with Crippen LogP contribution in [-0.2, 0) is 34.3 Å². The Bertz CT molecular complexity index is 1450. The van der Waals surface area contributed by atoms with Gasteiger partial charge >= 0.3 is 0 Å². The Morgan fingerprint density at radius 1 is 1.00 bits per heavy atom. The van der Waals surface area contributed by atoms with Crippen molar-refractivity contribution in [3.63, 3.8) is 0 Å². The van der Waals surface area contributed by atoms with Crippen molar-refractivity contribution >= 4 is 44.1 Å². The molecule has 4 rings (SSSR count). The number of carbonyl (C=O) groups excluding carboxylic acids is 3. The summed E-state index contributed by atoms with van der Waals surface area (Å²) in [7, 11) is -0.282. The molecule has 12 heteroatoms. The number of fused-ring (bicyclic) bond motifs is 1. The summed E-state index contributed by atoms with van der Waals surface area (Å²) in [5, 5.41) is 3.18. The molecule has 0 spiro atoms. The highest BCUT2D eigenvalue weighted by Crippen LogP contribution is 2.37. The molecular weight excluding hydrogens is 526 g/mol. The molecule has 10 nitrogen and oxygen atoms in total. The lowest BCUT2D eigenvalue weighted by atomic mass is 10.0. The number of hydrogen-bond donors (Lipinski definition) is 3. The van der Waals surface area contributed by atoms with Crippen LogP contribution in [0.3, 0.4) is 0 Å². The van der Waals surface area contributed by atoms with Crippen LogP contribution < -0.4 is 16.2 Å². The standard InChI is InChI=1S/C26H29N5O5S2/c1-17(32)28-29-25(34)23-21-13-14-30(2)16-22(21)37-26(23)27-24(33)19-9-11-20(12-10-19)38(35,36)31(3)15-18-7-5-4-6-8-18/h4-12H,13-16H2,1-3H3,(H,27,33)(H,28,32)(H,29,34). The second kappa shape index (κ2) is 11.4. The number of carbonyl (C=O) groups is 3. The molecule has 3 amide bonds. The predicted molar refractivity (Wildman–Crippen MR) is 145 cm³/mol. The van der Waals surface area contributed by atoms with Crippen LogP contribution in [0.4, 0.5) is 5.00 Å². The minimum atomic E-state index is -3.77. The van der Waals surface area contributed by atoms with E-state index in [1.165, 1.54) is 53.9 Å². The first-order valence-corrected chi connectivity index (χ1v) is 14.1. The molecule has 1 aliphatic heterocycles. The number of benzene rings is 2. The second-order valence-electron chi connectivity index (χ2n) is 9.06. The fourth-order valence-corrected chi connectivity index (χ4v) is 6.61. The maximum atomic E-state index is 13.1. The molecule has 1 aliphatic rings. The van der Waals surface area contributed by atoms with Gasteiger partial charge in [-0.05, 0) is 48.9 Å². The highest BCUT2D eigenvalue weighted by Gasteiger charge is 2.28. The molecule has 3 aromatic rings. The van der Waals surface area contributed by atoms with Crippen LogP contribution in [0.2, 0.25) is 0 Å². The van der Waals surface area contributed by atoms with E-state index >= 15 is 0 Å².